The Kier molecular flexibility index (Phi) is 13.5. The number of esters is 3. The van der Waals surface area contributed by atoms with E-state index in [9.17, 15) is 55.2 Å². The van der Waals surface area contributed by atoms with Crippen molar-refractivity contribution in [1.82, 2.24) is 0 Å². The molecule has 53 heavy (non-hydrogen) atoms. The molecular weight excluding hydrogens is 712 g/mol. The van der Waals surface area contributed by atoms with Gasteiger partial charge in [0.15, 0.2) is 24.8 Å². The third-order valence-electron chi connectivity index (χ3n) is 8.89. The second kappa shape index (κ2) is 17.6. The van der Waals surface area contributed by atoms with Gasteiger partial charge in [0.2, 0.25) is 5.79 Å². The molecule has 19 nitrogen and oxygen atoms in total. The summed E-state index contributed by atoms with van der Waals surface area (Å²) in [4.78, 5) is 38.2. The van der Waals surface area contributed by atoms with E-state index in [-0.39, 0.29) is 11.1 Å². The summed E-state index contributed by atoms with van der Waals surface area (Å²) < 4.78 is 45.4. The number of carbonyl (C=O) groups is 3. The fourth-order valence-corrected chi connectivity index (χ4v) is 6.08. The Morgan fingerprint density at radius 1 is 0.660 bits per heavy atom. The normalized spacial score (nSPS) is 37.1. The molecule has 0 aliphatic carbocycles. The molecule has 5 rings (SSSR count). The zero-order valence-electron chi connectivity index (χ0n) is 28.2. The van der Waals surface area contributed by atoms with E-state index in [0.717, 1.165) is 6.92 Å². The van der Waals surface area contributed by atoms with Crippen LogP contribution in [-0.2, 0) is 42.7 Å². The highest BCUT2D eigenvalue weighted by molar-refractivity contribution is 5.90. The highest BCUT2D eigenvalue weighted by atomic mass is 16.8. The van der Waals surface area contributed by atoms with Crippen molar-refractivity contribution in [3.05, 3.63) is 71.8 Å². The summed E-state index contributed by atoms with van der Waals surface area (Å²) >= 11 is 0. The van der Waals surface area contributed by atoms with Crippen LogP contribution in [0, 0.1) is 0 Å². The van der Waals surface area contributed by atoms with Crippen molar-refractivity contribution in [2.45, 2.75) is 92.4 Å². The summed E-state index contributed by atoms with van der Waals surface area (Å²) in [7, 11) is 0. The maximum atomic E-state index is 13.2. The lowest BCUT2D eigenvalue weighted by atomic mass is 9.96. The Hall–Kier alpha value is -3.67. The molecule has 0 amide bonds. The van der Waals surface area contributed by atoms with Gasteiger partial charge in [-0.05, 0) is 24.3 Å². The molecule has 3 saturated heterocycles. The Balaban J connectivity index is 1.53. The number of rotatable bonds is 13. The van der Waals surface area contributed by atoms with Crippen molar-refractivity contribution in [2.24, 2.45) is 0 Å². The Bertz CT molecular complexity index is 1510. The first kappa shape index (κ1) is 40.5. The van der Waals surface area contributed by atoms with Crippen molar-refractivity contribution in [1.29, 1.82) is 0 Å². The zero-order chi connectivity index (χ0) is 38.4. The average molecular weight is 755 g/mol. The quantitative estimate of drug-likeness (QED) is 0.0735. The van der Waals surface area contributed by atoms with E-state index in [2.05, 4.69) is 0 Å². The number of hydrogen-bond donors (Lipinski definition) is 8. The molecule has 0 radical (unpaired) electrons. The monoisotopic (exact) mass is 754 g/mol. The summed E-state index contributed by atoms with van der Waals surface area (Å²) in [5.41, 5.74) is 0.0677. The lowest BCUT2D eigenvalue weighted by molar-refractivity contribution is -0.407. The van der Waals surface area contributed by atoms with Crippen LogP contribution in [0.25, 0.3) is 0 Å². The molecule has 2 aromatic rings. The van der Waals surface area contributed by atoms with E-state index in [1.165, 1.54) is 36.4 Å². The maximum Gasteiger partial charge on any atom is 0.338 e. The van der Waals surface area contributed by atoms with Gasteiger partial charge in [0, 0.05) is 6.92 Å². The van der Waals surface area contributed by atoms with Gasteiger partial charge in [-0.15, -0.1) is 0 Å². The molecule has 292 valence electrons. The van der Waals surface area contributed by atoms with Gasteiger partial charge in [-0.2, -0.15) is 0 Å². The van der Waals surface area contributed by atoms with E-state index in [1.807, 2.05) is 0 Å². The van der Waals surface area contributed by atoms with E-state index < -0.39 is 130 Å². The van der Waals surface area contributed by atoms with Gasteiger partial charge >= 0.3 is 17.9 Å². The van der Waals surface area contributed by atoms with Crippen molar-refractivity contribution >= 4 is 17.9 Å². The van der Waals surface area contributed by atoms with Gasteiger partial charge in [-0.1, -0.05) is 36.4 Å². The Morgan fingerprint density at radius 2 is 1.23 bits per heavy atom. The molecule has 8 N–H and O–H groups in total. The molecule has 3 aliphatic rings. The van der Waals surface area contributed by atoms with Crippen LogP contribution in [0.1, 0.15) is 27.6 Å². The van der Waals surface area contributed by atoms with Crippen LogP contribution in [0.3, 0.4) is 0 Å². The molecule has 14 atom stereocenters. The van der Waals surface area contributed by atoms with Crippen LogP contribution in [0.4, 0.5) is 0 Å². The van der Waals surface area contributed by atoms with E-state index in [4.69, 9.17) is 37.9 Å². The fourth-order valence-electron chi connectivity index (χ4n) is 6.08. The largest absolute Gasteiger partial charge is 0.463 e. The molecule has 3 aliphatic heterocycles. The minimum Gasteiger partial charge on any atom is -0.463 e. The molecule has 2 aromatic carbocycles. The molecular formula is C34H42O19. The molecule has 0 unspecified atom stereocenters. The average Bonchev–Trinajstić information content (AvgIpc) is 3.43. The highest BCUT2D eigenvalue weighted by Gasteiger charge is 2.62. The third kappa shape index (κ3) is 8.84. The molecule has 0 aromatic heterocycles. The first-order valence-corrected chi connectivity index (χ1v) is 16.5. The molecule has 3 fully saturated rings. The predicted molar refractivity (Wildman–Crippen MR) is 170 cm³/mol. The summed E-state index contributed by atoms with van der Waals surface area (Å²) in [6.07, 6.45) is -23.9. The van der Waals surface area contributed by atoms with Gasteiger partial charge in [0.1, 0.15) is 68.1 Å². The second-order valence-electron chi connectivity index (χ2n) is 12.5. The van der Waals surface area contributed by atoms with Gasteiger partial charge in [-0.25, -0.2) is 9.59 Å². The van der Waals surface area contributed by atoms with Gasteiger partial charge in [0.25, 0.3) is 0 Å². The van der Waals surface area contributed by atoms with Gasteiger partial charge < -0.3 is 78.7 Å². The van der Waals surface area contributed by atoms with E-state index in [0.29, 0.717) is 0 Å². The highest BCUT2D eigenvalue weighted by Crippen LogP contribution is 2.40. The molecule has 0 spiro atoms. The van der Waals surface area contributed by atoms with Crippen LogP contribution < -0.4 is 0 Å². The molecule has 0 saturated carbocycles. The topological polar surface area (TPSA) is 287 Å². The van der Waals surface area contributed by atoms with Crippen molar-refractivity contribution in [3.8, 4) is 0 Å². The first-order valence-electron chi connectivity index (χ1n) is 16.5. The van der Waals surface area contributed by atoms with Gasteiger partial charge in [-0.3, -0.25) is 4.79 Å². The lowest BCUT2D eigenvalue weighted by Crippen LogP contribution is -2.67. The van der Waals surface area contributed by atoms with Crippen LogP contribution in [0.5, 0.6) is 0 Å². The van der Waals surface area contributed by atoms with Crippen LogP contribution >= 0.6 is 0 Å². The molecule has 19 heteroatoms. The number of benzene rings is 2. The Morgan fingerprint density at radius 3 is 1.77 bits per heavy atom. The third-order valence-corrected chi connectivity index (χ3v) is 8.89. The smallest absolute Gasteiger partial charge is 0.338 e. The lowest BCUT2D eigenvalue weighted by Gasteiger charge is -2.48. The van der Waals surface area contributed by atoms with Crippen LogP contribution in [-0.4, -0.2) is 171 Å². The number of aliphatic hydroxyl groups is 8. The maximum absolute atomic E-state index is 13.2. The second-order valence-corrected chi connectivity index (χ2v) is 12.5. The predicted octanol–water partition coefficient (Wildman–Crippen LogP) is -3.27. The SMILES string of the molecule is CC(=O)OC[C@H]1O[C@H](O[C@]2(CO)O[C@H](CO)[C@@H](O)[C@@H]2OC(=O)c2ccccc2)[C@H](O[C@@H]2O[C@H](CO)[C@@H](O)[C@H](O)[C@H]2O)[C@@H](O)[C@@H]1OC(=O)c1ccccc1. The van der Waals surface area contributed by atoms with Crippen LogP contribution in [0.15, 0.2) is 60.7 Å². The number of hydrogen-bond acceptors (Lipinski definition) is 19. The van der Waals surface area contributed by atoms with E-state index in [1.54, 1.807) is 24.3 Å². The fraction of sp³-hybridized carbons (Fsp3) is 0.559. The van der Waals surface area contributed by atoms with Crippen molar-refractivity contribution in [3.63, 3.8) is 0 Å². The summed E-state index contributed by atoms with van der Waals surface area (Å²) in [5.74, 6) is -5.36. The van der Waals surface area contributed by atoms with Crippen LogP contribution in [0.2, 0.25) is 0 Å². The zero-order valence-corrected chi connectivity index (χ0v) is 28.2. The number of carbonyl (C=O) groups excluding carboxylic acids is 3. The number of aliphatic hydroxyl groups excluding tert-OH is 8. The minimum absolute atomic E-state index is 0.0247. The Labute approximate surface area is 301 Å². The standard InChI is InChI=1S/C34H42O19/c1-16(38)46-14-21-27(49-30(44)17-8-4-2-5-9-17)26(43)28(50-32-25(42)24(41)22(39)19(12-35)47-32)33(48-21)53-34(15-37)29(23(40)20(13-36)52-34)51-31(45)18-10-6-3-7-11-18/h2-11,19-29,32-33,35-37,39-43H,12-15H2,1H3/t19-,20-,21-,22-,23-,24+,25-,26+,27-,28-,29+,32+,33-,34+/m1/s1. The summed E-state index contributed by atoms with van der Waals surface area (Å²) in [5, 5.41) is 84.9. The number of ether oxygens (including phenoxy) is 8. The van der Waals surface area contributed by atoms with E-state index >= 15 is 0 Å². The molecule has 3 heterocycles. The summed E-state index contributed by atoms with van der Waals surface area (Å²) in [6.45, 7) is -2.52. The van der Waals surface area contributed by atoms with Crippen molar-refractivity contribution in [2.75, 3.05) is 26.4 Å². The molecule has 0 bridgehead atoms. The summed E-state index contributed by atoms with van der Waals surface area (Å²) in [6, 6.07) is 15.0. The minimum atomic E-state index is -2.59. The van der Waals surface area contributed by atoms with Gasteiger partial charge in [0.05, 0.1) is 24.3 Å². The van der Waals surface area contributed by atoms with Crippen molar-refractivity contribution < 1.29 is 93.1 Å². The first-order chi connectivity index (χ1) is 25.3.